The molecule has 0 N–H and O–H groups in total. The van der Waals surface area contributed by atoms with Gasteiger partial charge in [-0.15, -0.1) is 11.6 Å². The molecule has 100 valence electrons. The van der Waals surface area contributed by atoms with Gasteiger partial charge in [-0.05, 0) is 23.6 Å². The fourth-order valence-electron chi connectivity index (χ4n) is 2.50. The second-order valence-corrected chi connectivity index (χ2v) is 6.24. The molecule has 0 spiro atoms. The summed E-state index contributed by atoms with van der Waals surface area (Å²) in [4.78, 5) is 7.18. The molecule has 1 fully saturated rings. The number of alkyl halides is 1. The molecule has 2 heterocycles. The Balaban J connectivity index is 2.09. The van der Waals surface area contributed by atoms with Crippen LogP contribution in [-0.2, 0) is 5.88 Å². The maximum absolute atomic E-state index is 5.99. The second-order valence-electron chi connectivity index (χ2n) is 4.74. The molecule has 4 heteroatoms. The monoisotopic (exact) mass is 292 g/mol. The van der Waals surface area contributed by atoms with Crippen LogP contribution in [0.4, 0.5) is 5.82 Å². The summed E-state index contributed by atoms with van der Waals surface area (Å²) in [6, 6.07) is 10.6. The number of rotatable bonds is 2. The molecule has 3 rings (SSSR count). The van der Waals surface area contributed by atoms with E-state index in [0.29, 0.717) is 5.88 Å². The molecule has 0 unspecified atom stereocenters. The van der Waals surface area contributed by atoms with E-state index in [9.17, 15) is 0 Å². The van der Waals surface area contributed by atoms with Crippen molar-refractivity contribution >= 4 is 40.0 Å². The fourth-order valence-corrected chi connectivity index (χ4v) is 3.53. The van der Waals surface area contributed by atoms with Gasteiger partial charge in [0.05, 0.1) is 11.6 Å². The van der Waals surface area contributed by atoms with Gasteiger partial charge in [-0.2, -0.15) is 11.8 Å². The van der Waals surface area contributed by atoms with Gasteiger partial charge in [0.15, 0.2) is 0 Å². The molecule has 2 aromatic rings. The van der Waals surface area contributed by atoms with Crippen molar-refractivity contribution in [3.8, 4) is 0 Å². The fraction of sp³-hybridized carbons (Fsp3) is 0.400. The Hall–Kier alpha value is -0.930. The zero-order valence-corrected chi connectivity index (χ0v) is 12.4. The van der Waals surface area contributed by atoms with Gasteiger partial charge in [0.1, 0.15) is 5.82 Å². The Morgan fingerprint density at radius 3 is 3.00 bits per heavy atom. The summed E-state index contributed by atoms with van der Waals surface area (Å²) in [5, 5.41) is 2.48. The molecule has 1 aromatic heterocycles. The molecule has 19 heavy (non-hydrogen) atoms. The van der Waals surface area contributed by atoms with Gasteiger partial charge in [0.25, 0.3) is 0 Å². The van der Waals surface area contributed by atoms with Crippen molar-refractivity contribution in [1.82, 2.24) is 4.98 Å². The molecule has 2 nitrogen and oxygen atoms in total. The maximum Gasteiger partial charge on any atom is 0.136 e. The first-order valence-electron chi connectivity index (χ1n) is 6.66. The van der Waals surface area contributed by atoms with Crippen LogP contribution in [0, 0.1) is 0 Å². The number of thioether (sulfide) groups is 1. The number of fused-ring (bicyclic) bond motifs is 1. The van der Waals surface area contributed by atoms with E-state index in [-0.39, 0.29) is 0 Å². The first kappa shape index (κ1) is 13.1. The van der Waals surface area contributed by atoms with Crippen LogP contribution < -0.4 is 4.90 Å². The molecule has 0 bridgehead atoms. The predicted molar refractivity (Wildman–Crippen MR) is 85.5 cm³/mol. The van der Waals surface area contributed by atoms with Gasteiger partial charge >= 0.3 is 0 Å². The third-order valence-corrected chi connectivity index (χ3v) is 4.75. The van der Waals surface area contributed by atoms with Crippen molar-refractivity contribution in [3.63, 3.8) is 0 Å². The van der Waals surface area contributed by atoms with E-state index in [1.807, 2.05) is 11.8 Å². The normalized spacial score (nSPS) is 16.6. The molecule has 0 amide bonds. The SMILES string of the molecule is ClCc1cc2ccccc2c(N2CCCSCC2)n1. The van der Waals surface area contributed by atoms with Crippen molar-refractivity contribution in [1.29, 1.82) is 0 Å². The lowest BCUT2D eigenvalue weighted by Gasteiger charge is -2.23. The number of aromatic nitrogens is 1. The average Bonchev–Trinajstić information content (AvgIpc) is 2.75. The number of nitrogens with zero attached hydrogens (tertiary/aromatic N) is 2. The summed E-state index contributed by atoms with van der Waals surface area (Å²) in [6.07, 6.45) is 1.23. The smallest absolute Gasteiger partial charge is 0.136 e. The Morgan fingerprint density at radius 2 is 2.11 bits per heavy atom. The number of halogens is 1. The van der Waals surface area contributed by atoms with Gasteiger partial charge in [0, 0.05) is 24.2 Å². The van der Waals surface area contributed by atoms with E-state index < -0.39 is 0 Å². The minimum absolute atomic E-state index is 0.473. The topological polar surface area (TPSA) is 16.1 Å². The molecule has 0 saturated carbocycles. The van der Waals surface area contributed by atoms with Crippen molar-refractivity contribution in [2.75, 3.05) is 29.5 Å². The molecule has 1 aliphatic heterocycles. The van der Waals surface area contributed by atoms with Crippen LogP contribution in [-0.4, -0.2) is 29.6 Å². The molecule has 0 atom stereocenters. The van der Waals surface area contributed by atoms with Crippen LogP contribution in [0.3, 0.4) is 0 Å². The third kappa shape index (κ3) is 2.82. The average molecular weight is 293 g/mol. The highest BCUT2D eigenvalue weighted by atomic mass is 35.5. The highest BCUT2D eigenvalue weighted by Crippen LogP contribution is 2.27. The Bertz CT molecular complexity index is 565. The molecule has 1 aliphatic rings. The molecule has 1 aromatic carbocycles. The molecule has 1 saturated heterocycles. The number of hydrogen-bond donors (Lipinski definition) is 0. The van der Waals surface area contributed by atoms with Crippen LogP contribution >= 0.6 is 23.4 Å². The largest absolute Gasteiger partial charge is 0.355 e. The summed E-state index contributed by atoms with van der Waals surface area (Å²) >= 11 is 8.02. The number of benzene rings is 1. The molecular formula is C15H17ClN2S. The minimum atomic E-state index is 0.473. The van der Waals surface area contributed by atoms with Crippen LogP contribution in [0.25, 0.3) is 10.8 Å². The van der Waals surface area contributed by atoms with Gasteiger partial charge in [-0.3, -0.25) is 0 Å². The summed E-state index contributed by atoms with van der Waals surface area (Å²) in [6.45, 7) is 2.17. The third-order valence-electron chi connectivity index (χ3n) is 3.43. The lowest BCUT2D eigenvalue weighted by Crippen LogP contribution is -2.26. The van der Waals surface area contributed by atoms with E-state index in [1.165, 1.54) is 28.7 Å². The maximum atomic E-state index is 5.99. The lowest BCUT2D eigenvalue weighted by atomic mass is 10.1. The first-order valence-corrected chi connectivity index (χ1v) is 8.35. The van der Waals surface area contributed by atoms with E-state index in [2.05, 4.69) is 35.2 Å². The Kier molecular flexibility index (Phi) is 4.14. The van der Waals surface area contributed by atoms with Crippen LogP contribution in [0.5, 0.6) is 0 Å². The Labute approximate surface area is 123 Å². The van der Waals surface area contributed by atoms with Crippen molar-refractivity contribution in [2.24, 2.45) is 0 Å². The van der Waals surface area contributed by atoms with Crippen LogP contribution in [0.2, 0.25) is 0 Å². The van der Waals surface area contributed by atoms with Crippen molar-refractivity contribution in [2.45, 2.75) is 12.3 Å². The summed E-state index contributed by atoms with van der Waals surface area (Å²) in [7, 11) is 0. The second kappa shape index (κ2) is 6.02. The quantitative estimate of drug-likeness (QED) is 0.781. The van der Waals surface area contributed by atoms with Gasteiger partial charge in [-0.1, -0.05) is 24.3 Å². The lowest BCUT2D eigenvalue weighted by molar-refractivity contribution is 0.803. The molecule has 0 aliphatic carbocycles. The van der Waals surface area contributed by atoms with Gasteiger partial charge in [-0.25, -0.2) is 4.98 Å². The zero-order valence-electron chi connectivity index (χ0n) is 10.8. The summed E-state index contributed by atoms with van der Waals surface area (Å²) < 4.78 is 0. The van der Waals surface area contributed by atoms with Gasteiger partial charge in [0.2, 0.25) is 0 Å². The van der Waals surface area contributed by atoms with E-state index >= 15 is 0 Å². The van der Waals surface area contributed by atoms with Crippen LogP contribution in [0.15, 0.2) is 30.3 Å². The molecular weight excluding hydrogens is 276 g/mol. The van der Waals surface area contributed by atoms with Crippen LogP contribution in [0.1, 0.15) is 12.1 Å². The standard InChI is InChI=1S/C15H17ClN2S/c16-11-13-10-12-4-1-2-5-14(12)15(17-13)18-6-3-8-19-9-7-18/h1-2,4-5,10H,3,6-9,11H2. The Morgan fingerprint density at radius 1 is 1.21 bits per heavy atom. The van der Waals surface area contributed by atoms with E-state index in [4.69, 9.17) is 16.6 Å². The predicted octanol–water partition coefficient (Wildman–Crippen LogP) is 3.92. The van der Waals surface area contributed by atoms with Crippen molar-refractivity contribution in [3.05, 3.63) is 36.0 Å². The molecule has 0 radical (unpaired) electrons. The zero-order chi connectivity index (χ0) is 13.1. The van der Waals surface area contributed by atoms with Crippen molar-refractivity contribution < 1.29 is 0 Å². The van der Waals surface area contributed by atoms with Gasteiger partial charge < -0.3 is 4.90 Å². The summed E-state index contributed by atoms with van der Waals surface area (Å²) in [5.74, 6) is 4.02. The number of hydrogen-bond acceptors (Lipinski definition) is 3. The van der Waals surface area contributed by atoms with E-state index in [1.54, 1.807) is 0 Å². The highest BCUT2D eigenvalue weighted by Gasteiger charge is 2.15. The first-order chi connectivity index (χ1) is 9.38. The summed E-state index contributed by atoms with van der Waals surface area (Å²) in [5.41, 5.74) is 0.965. The number of anilines is 1. The minimum Gasteiger partial charge on any atom is -0.355 e. The number of pyridine rings is 1. The van der Waals surface area contributed by atoms with E-state index in [0.717, 1.165) is 24.6 Å². The highest BCUT2D eigenvalue weighted by molar-refractivity contribution is 7.99.